The molecule has 4 heteroatoms. The molecule has 17 heavy (non-hydrogen) atoms. The molecular formula is C13H15FN2O. The fraction of sp³-hybridized carbons (Fsp3) is 0.154. The molecule has 0 bridgehead atoms. The van der Waals surface area contributed by atoms with Crippen LogP contribution in [0.5, 0.6) is 0 Å². The molecule has 0 atom stereocenters. The normalized spacial score (nSPS) is 13.1. The van der Waals surface area contributed by atoms with E-state index in [1.54, 1.807) is 37.5 Å². The highest BCUT2D eigenvalue weighted by Crippen LogP contribution is 2.04. The van der Waals surface area contributed by atoms with E-state index >= 15 is 0 Å². The molecule has 1 aromatic rings. The van der Waals surface area contributed by atoms with Gasteiger partial charge >= 0.3 is 0 Å². The van der Waals surface area contributed by atoms with Gasteiger partial charge in [-0.05, 0) is 31.2 Å². The van der Waals surface area contributed by atoms with Gasteiger partial charge in [0, 0.05) is 25.0 Å². The van der Waals surface area contributed by atoms with Gasteiger partial charge in [-0.3, -0.25) is 9.36 Å². The Kier molecular flexibility index (Phi) is 4.94. The van der Waals surface area contributed by atoms with E-state index in [9.17, 15) is 9.18 Å². The molecule has 0 aliphatic carbocycles. The van der Waals surface area contributed by atoms with Crippen LogP contribution in [0.4, 0.5) is 4.39 Å². The zero-order valence-corrected chi connectivity index (χ0v) is 9.85. The predicted octanol–water partition coefficient (Wildman–Crippen LogP) is 2.30. The molecule has 90 valence electrons. The zero-order valence-electron chi connectivity index (χ0n) is 9.85. The maximum atomic E-state index is 12.3. The van der Waals surface area contributed by atoms with Gasteiger partial charge in [0.1, 0.15) is 0 Å². The number of nitrogens with one attached hydrogen (secondary N) is 1. The number of hydrogen-bond donors (Lipinski definition) is 1. The Hall–Kier alpha value is -2.10. The van der Waals surface area contributed by atoms with Crippen molar-refractivity contribution in [3.8, 4) is 0 Å². The molecule has 0 saturated heterocycles. The molecule has 0 aliphatic heterocycles. The van der Waals surface area contributed by atoms with Crippen LogP contribution in [0.2, 0.25) is 0 Å². The first-order chi connectivity index (χ1) is 8.19. The summed E-state index contributed by atoms with van der Waals surface area (Å²) in [5.74, 6) is 0. The summed E-state index contributed by atoms with van der Waals surface area (Å²) >= 11 is 0. The van der Waals surface area contributed by atoms with Gasteiger partial charge in [-0.25, -0.2) is 4.39 Å². The maximum absolute atomic E-state index is 12.3. The number of allylic oxidation sites excluding steroid dienone is 5. The highest BCUT2D eigenvalue weighted by atomic mass is 19.1. The molecule has 1 rings (SSSR count). The van der Waals surface area contributed by atoms with Crippen LogP contribution in [0.25, 0.3) is 5.70 Å². The van der Waals surface area contributed by atoms with Crippen LogP contribution in [0.3, 0.4) is 0 Å². The van der Waals surface area contributed by atoms with Crippen molar-refractivity contribution < 1.29 is 4.39 Å². The highest BCUT2D eigenvalue weighted by Gasteiger charge is 1.97. The van der Waals surface area contributed by atoms with Crippen LogP contribution in [0.1, 0.15) is 6.92 Å². The molecule has 0 saturated carbocycles. The van der Waals surface area contributed by atoms with Gasteiger partial charge in [0.05, 0.1) is 12.0 Å². The Bertz CT molecular complexity index is 512. The summed E-state index contributed by atoms with van der Waals surface area (Å²) in [6.45, 7) is 1.88. The minimum atomic E-state index is -0.202. The topological polar surface area (TPSA) is 34.0 Å². The number of nitrogens with zero attached hydrogens (tertiary/aromatic N) is 1. The summed E-state index contributed by atoms with van der Waals surface area (Å²) < 4.78 is 13.7. The zero-order chi connectivity index (χ0) is 12.7. The van der Waals surface area contributed by atoms with Crippen molar-refractivity contribution in [2.24, 2.45) is 0 Å². The standard InChI is InChI=1S/C13H15FN2O/c1-11(15-2)6-7-12(8-9-14)16-10-4-3-5-13(16)17/h3-10,15H,1-2H3/b9-8+,11-6+,12-7+. The van der Waals surface area contributed by atoms with Crippen molar-refractivity contribution in [1.82, 2.24) is 9.88 Å². The summed E-state index contributed by atoms with van der Waals surface area (Å²) in [4.78, 5) is 11.6. The van der Waals surface area contributed by atoms with Gasteiger partial charge in [0.15, 0.2) is 0 Å². The Morgan fingerprint density at radius 1 is 1.41 bits per heavy atom. The average molecular weight is 234 g/mol. The largest absolute Gasteiger partial charge is 0.392 e. The molecular weight excluding hydrogens is 219 g/mol. The quantitative estimate of drug-likeness (QED) is 0.811. The van der Waals surface area contributed by atoms with Gasteiger partial charge in [0.25, 0.3) is 5.56 Å². The van der Waals surface area contributed by atoms with Crippen LogP contribution in [-0.2, 0) is 0 Å². The van der Waals surface area contributed by atoms with Gasteiger partial charge in [-0.2, -0.15) is 0 Å². The highest BCUT2D eigenvalue weighted by molar-refractivity contribution is 5.58. The molecule has 0 aliphatic rings. The van der Waals surface area contributed by atoms with Crippen LogP contribution in [0, 0.1) is 0 Å². The third-order valence-electron chi connectivity index (χ3n) is 2.23. The smallest absolute Gasteiger partial charge is 0.255 e. The Morgan fingerprint density at radius 2 is 2.18 bits per heavy atom. The molecule has 0 spiro atoms. The lowest BCUT2D eigenvalue weighted by Crippen LogP contribution is -2.16. The van der Waals surface area contributed by atoms with Gasteiger partial charge in [-0.1, -0.05) is 6.07 Å². The van der Waals surface area contributed by atoms with E-state index in [0.29, 0.717) is 12.0 Å². The SMILES string of the molecule is CN/C(C)=C/C=C(\C=C\F)n1ccccc1=O. The second-order valence-electron chi connectivity index (χ2n) is 3.39. The summed E-state index contributed by atoms with van der Waals surface area (Å²) in [5, 5.41) is 2.94. The van der Waals surface area contributed by atoms with Crippen molar-refractivity contribution in [2.75, 3.05) is 7.05 Å². The molecule has 0 radical (unpaired) electrons. The van der Waals surface area contributed by atoms with Gasteiger partial charge in [-0.15, -0.1) is 0 Å². The number of rotatable bonds is 4. The molecule has 0 amide bonds. The van der Waals surface area contributed by atoms with Crippen molar-refractivity contribution in [3.05, 3.63) is 65.0 Å². The summed E-state index contributed by atoms with van der Waals surface area (Å²) in [7, 11) is 1.79. The van der Waals surface area contributed by atoms with Gasteiger partial charge in [0.2, 0.25) is 0 Å². The molecule has 3 nitrogen and oxygen atoms in total. The van der Waals surface area contributed by atoms with Gasteiger partial charge < -0.3 is 5.32 Å². The fourth-order valence-electron chi connectivity index (χ4n) is 1.22. The lowest BCUT2D eigenvalue weighted by molar-refractivity contribution is 0.720. The maximum Gasteiger partial charge on any atom is 0.255 e. The third-order valence-corrected chi connectivity index (χ3v) is 2.23. The van der Waals surface area contributed by atoms with E-state index in [2.05, 4.69) is 5.32 Å². The van der Waals surface area contributed by atoms with Crippen molar-refractivity contribution in [1.29, 1.82) is 0 Å². The first-order valence-corrected chi connectivity index (χ1v) is 5.20. The second-order valence-corrected chi connectivity index (χ2v) is 3.39. The molecule has 1 N–H and O–H groups in total. The molecule has 1 aromatic heterocycles. The monoisotopic (exact) mass is 234 g/mol. The summed E-state index contributed by atoms with van der Waals surface area (Å²) in [6, 6.07) is 4.79. The van der Waals surface area contributed by atoms with Crippen molar-refractivity contribution >= 4 is 5.70 Å². The van der Waals surface area contributed by atoms with Crippen LogP contribution < -0.4 is 10.9 Å². The Morgan fingerprint density at radius 3 is 2.76 bits per heavy atom. The Labute approximate surface area is 99.6 Å². The first kappa shape index (κ1) is 13.0. The minimum Gasteiger partial charge on any atom is -0.392 e. The van der Waals surface area contributed by atoms with E-state index in [-0.39, 0.29) is 5.56 Å². The molecule has 0 fully saturated rings. The molecule has 1 heterocycles. The Balaban J connectivity index is 3.19. The average Bonchev–Trinajstić information content (AvgIpc) is 2.35. The fourth-order valence-corrected chi connectivity index (χ4v) is 1.22. The number of pyridine rings is 1. The molecule has 0 aromatic carbocycles. The van der Waals surface area contributed by atoms with Crippen LogP contribution >= 0.6 is 0 Å². The van der Waals surface area contributed by atoms with Crippen LogP contribution in [-0.4, -0.2) is 11.6 Å². The van der Waals surface area contributed by atoms with E-state index in [4.69, 9.17) is 0 Å². The van der Waals surface area contributed by atoms with E-state index < -0.39 is 0 Å². The first-order valence-electron chi connectivity index (χ1n) is 5.20. The minimum absolute atomic E-state index is 0.202. The van der Waals surface area contributed by atoms with Crippen molar-refractivity contribution in [3.63, 3.8) is 0 Å². The predicted molar refractivity (Wildman–Crippen MR) is 68.0 cm³/mol. The third kappa shape index (κ3) is 3.75. The number of halogens is 1. The summed E-state index contributed by atoms with van der Waals surface area (Å²) in [6.07, 6.45) is 6.68. The van der Waals surface area contributed by atoms with E-state index in [1.807, 2.05) is 6.92 Å². The molecule has 0 unspecified atom stereocenters. The number of aromatic nitrogens is 1. The summed E-state index contributed by atoms with van der Waals surface area (Å²) in [5.41, 5.74) is 1.18. The number of hydrogen-bond acceptors (Lipinski definition) is 2. The second kappa shape index (κ2) is 6.48. The van der Waals surface area contributed by atoms with Crippen LogP contribution in [0.15, 0.2) is 59.4 Å². The lowest BCUT2D eigenvalue weighted by Gasteiger charge is -2.04. The van der Waals surface area contributed by atoms with E-state index in [0.717, 1.165) is 5.70 Å². The van der Waals surface area contributed by atoms with Crippen molar-refractivity contribution in [2.45, 2.75) is 6.92 Å². The lowest BCUT2D eigenvalue weighted by atomic mass is 10.3. The van der Waals surface area contributed by atoms with E-state index in [1.165, 1.54) is 16.7 Å².